The van der Waals surface area contributed by atoms with Gasteiger partial charge in [-0.05, 0) is 43.9 Å². The largest absolute Gasteiger partial charge is 0.484 e. The number of ether oxygens (including phenoxy) is 1. The fraction of sp³-hybridized carbons (Fsp3) is 0.263. The molecule has 23 heavy (non-hydrogen) atoms. The number of hydrogen-bond donors (Lipinski definition) is 0. The number of benzene rings is 2. The Morgan fingerprint density at radius 3 is 2.70 bits per heavy atom. The monoisotopic (exact) mass is 306 g/mol. The summed E-state index contributed by atoms with van der Waals surface area (Å²) in [6, 6.07) is 16.8. The van der Waals surface area contributed by atoms with Crippen LogP contribution in [0, 0.1) is 17.2 Å². The third kappa shape index (κ3) is 2.96. The smallest absolute Gasteiger partial charge is 0.175 e. The molecule has 0 saturated heterocycles. The normalized spacial score (nSPS) is 19.8. The fourth-order valence-corrected chi connectivity index (χ4v) is 2.99. The molecule has 4 nitrogen and oxygen atoms in total. The molecule has 0 amide bonds. The molecule has 2 aromatic carbocycles. The van der Waals surface area contributed by atoms with E-state index >= 15 is 0 Å². The van der Waals surface area contributed by atoms with Gasteiger partial charge in [0.15, 0.2) is 5.78 Å². The molecule has 2 unspecified atom stereocenters. The van der Waals surface area contributed by atoms with Crippen molar-refractivity contribution in [2.75, 3.05) is 20.6 Å². The summed E-state index contributed by atoms with van der Waals surface area (Å²) in [5.41, 5.74) is 2.06. The molecule has 0 saturated carbocycles. The highest BCUT2D eigenvalue weighted by atomic mass is 16.5. The Labute approximate surface area is 135 Å². The van der Waals surface area contributed by atoms with E-state index in [1.165, 1.54) is 0 Å². The van der Waals surface area contributed by atoms with E-state index in [-0.39, 0.29) is 17.8 Å². The van der Waals surface area contributed by atoms with Gasteiger partial charge in [-0.2, -0.15) is 5.26 Å². The van der Waals surface area contributed by atoms with Crippen molar-refractivity contribution in [3.05, 3.63) is 65.2 Å². The predicted octanol–water partition coefficient (Wildman–Crippen LogP) is 3.05. The quantitative estimate of drug-likeness (QED) is 0.874. The molecule has 2 aromatic rings. The van der Waals surface area contributed by atoms with Crippen molar-refractivity contribution in [3.63, 3.8) is 0 Å². The van der Waals surface area contributed by atoms with Crippen molar-refractivity contribution in [3.8, 4) is 11.8 Å². The minimum Gasteiger partial charge on any atom is -0.484 e. The summed E-state index contributed by atoms with van der Waals surface area (Å²) in [5, 5.41) is 9.12. The van der Waals surface area contributed by atoms with Gasteiger partial charge in [-0.25, -0.2) is 0 Å². The first kappa shape index (κ1) is 15.3. The first-order chi connectivity index (χ1) is 11.1. The minimum atomic E-state index is -0.381. The first-order valence-electron chi connectivity index (χ1n) is 7.55. The maximum Gasteiger partial charge on any atom is 0.175 e. The van der Waals surface area contributed by atoms with E-state index in [1.807, 2.05) is 55.4 Å². The number of ketones is 1. The maximum atomic E-state index is 12.9. The zero-order valence-electron chi connectivity index (χ0n) is 13.2. The minimum absolute atomic E-state index is 0.0907. The van der Waals surface area contributed by atoms with Gasteiger partial charge < -0.3 is 9.64 Å². The van der Waals surface area contributed by atoms with Gasteiger partial charge in [0.2, 0.25) is 0 Å². The highest BCUT2D eigenvalue weighted by Crippen LogP contribution is 2.39. The Bertz CT molecular complexity index is 777. The van der Waals surface area contributed by atoms with Gasteiger partial charge in [-0.15, -0.1) is 0 Å². The van der Waals surface area contributed by atoms with E-state index < -0.39 is 0 Å². The van der Waals surface area contributed by atoms with Crippen molar-refractivity contribution < 1.29 is 9.53 Å². The zero-order chi connectivity index (χ0) is 16.4. The number of carbonyl (C=O) groups is 1. The van der Waals surface area contributed by atoms with Crippen LogP contribution in [0.5, 0.6) is 5.75 Å². The molecular weight excluding hydrogens is 288 g/mol. The van der Waals surface area contributed by atoms with E-state index in [2.05, 4.69) is 6.07 Å². The molecule has 2 atom stereocenters. The van der Waals surface area contributed by atoms with Crippen LogP contribution in [0.1, 0.15) is 27.6 Å². The van der Waals surface area contributed by atoms with Crippen LogP contribution < -0.4 is 4.74 Å². The average molecular weight is 306 g/mol. The molecule has 116 valence electrons. The van der Waals surface area contributed by atoms with Crippen LogP contribution in [-0.4, -0.2) is 31.3 Å². The van der Waals surface area contributed by atoms with Crippen LogP contribution in [-0.2, 0) is 0 Å². The Hall–Kier alpha value is -2.64. The van der Waals surface area contributed by atoms with Gasteiger partial charge in [-0.1, -0.05) is 24.3 Å². The van der Waals surface area contributed by atoms with E-state index in [9.17, 15) is 4.79 Å². The van der Waals surface area contributed by atoms with Gasteiger partial charge in [0.05, 0.1) is 23.1 Å². The molecule has 0 bridgehead atoms. The molecule has 0 aliphatic carbocycles. The molecule has 0 spiro atoms. The lowest BCUT2D eigenvalue weighted by Crippen LogP contribution is -2.38. The van der Waals surface area contributed by atoms with Crippen LogP contribution in [0.25, 0.3) is 0 Å². The number of nitriles is 1. The molecule has 3 rings (SSSR count). The lowest BCUT2D eigenvalue weighted by molar-refractivity contribution is 0.0594. The molecule has 1 aliphatic rings. The summed E-state index contributed by atoms with van der Waals surface area (Å²) >= 11 is 0. The molecule has 0 radical (unpaired) electrons. The van der Waals surface area contributed by atoms with Gasteiger partial charge in [0.1, 0.15) is 11.9 Å². The molecule has 1 aliphatic heterocycles. The summed E-state index contributed by atoms with van der Waals surface area (Å²) < 4.78 is 6.14. The van der Waals surface area contributed by atoms with Crippen LogP contribution >= 0.6 is 0 Å². The van der Waals surface area contributed by atoms with Crippen LogP contribution in [0.2, 0.25) is 0 Å². The maximum absolute atomic E-state index is 12.9. The molecule has 0 aromatic heterocycles. The molecular formula is C19H18N2O2. The SMILES string of the molecule is CN(C)CC1C(=O)c2ccccc2OC1c1cccc(C#N)c1. The van der Waals surface area contributed by atoms with E-state index in [1.54, 1.807) is 12.1 Å². The third-order valence-corrected chi connectivity index (χ3v) is 4.01. The molecule has 1 heterocycles. The van der Waals surface area contributed by atoms with Gasteiger partial charge in [0.25, 0.3) is 0 Å². The summed E-state index contributed by atoms with van der Waals surface area (Å²) in [6.07, 6.45) is -0.381. The highest BCUT2D eigenvalue weighted by molar-refractivity contribution is 6.01. The second kappa shape index (κ2) is 6.23. The number of rotatable bonds is 3. The molecule has 4 heteroatoms. The summed E-state index contributed by atoms with van der Waals surface area (Å²) in [4.78, 5) is 14.9. The zero-order valence-corrected chi connectivity index (χ0v) is 13.2. The van der Waals surface area contributed by atoms with Crippen molar-refractivity contribution in [2.24, 2.45) is 5.92 Å². The molecule has 0 N–H and O–H groups in total. The van der Waals surface area contributed by atoms with Crippen molar-refractivity contribution in [2.45, 2.75) is 6.10 Å². The first-order valence-corrected chi connectivity index (χ1v) is 7.55. The second-order valence-corrected chi connectivity index (χ2v) is 6.00. The average Bonchev–Trinajstić information content (AvgIpc) is 2.57. The van der Waals surface area contributed by atoms with Gasteiger partial charge >= 0.3 is 0 Å². The summed E-state index contributed by atoms with van der Waals surface area (Å²) in [7, 11) is 3.88. The predicted molar refractivity (Wildman–Crippen MR) is 87.3 cm³/mol. The number of nitrogens with zero attached hydrogens (tertiary/aromatic N) is 2. The number of carbonyl (C=O) groups excluding carboxylic acids is 1. The van der Waals surface area contributed by atoms with Crippen LogP contribution in [0.15, 0.2) is 48.5 Å². The lowest BCUT2D eigenvalue weighted by Gasteiger charge is -2.34. The Kier molecular flexibility index (Phi) is 4.14. The highest BCUT2D eigenvalue weighted by Gasteiger charge is 2.38. The fourth-order valence-electron chi connectivity index (χ4n) is 2.99. The Balaban J connectivity index is 2.06. The van der Waals surface area contributed by atoms with Gasteiger partial charge in [-0.3, -0.25) is 4.79 Å². The standard InChI is InChI=1S/C19H18N2O2/c1-21(2)12-16-18(22)15-8-3-4-9-17(15)23-19(16)14-7-5-6-13(10-14)11-20/h3-10,16,19H,12H2,1-2H3. The van der Waals surface area contributed by atoms with Crippen molar-refractivity contribution in [1.82, 2.24) is 4.90 Å². The lowest BCUT2D eigenvalue weighted by atomic mass is 9.85. The van der Waals surface area contributed by atoms with Crippen molar-refractivity contribution >= 4 is 5.78 Å². The number of hydrogen-bond acceptors (Lipinski definition) is 4. The molecule has 0 fully saturated rings. The van der Waals surface area contributed by atoms with E-state index in [0.29, 0.717) is 23.4 Å². The van der Waals surface area contributed by atoms with E-state index in [4.69, 9.17) is 10.00 Å². The summed E-state index contributed by atoms with van der Waals surface area (Å²) in [6.45, 7) is 0.592. The van der Waals surface area contributed by atoms with E-state index in [0.717, 1.165) is 5.56 Å². The second-order valence-electron chi connectivity index (χ2n) is 6.00. The Morgan fingerprint density at radius 1 is 1.17 bits per heavy atom. The number of para-hydroxylation sites is 1. The number of fused-ring (bicyclic) bond motifs is 1. The van der Waals surface area contributed by atoms with Crippen LogP contribution in [0.4, 0.5) is 0 Å². The summed E-state index contributed by atoms with van der Waals surface area (Å²) in [5.74, 6) is 0.404. The third-order valence-electron chi connectivity index (χ3n) is 4.01. The Morgan fingerprint density at radius 2 is 1.96 bits per heavy atom. The number of Topliss-reactive ketones (excluding diaryl/α,β-unsaturated/α-hetero) is 1. The van der Waals surface area contributed by atoms with Crippen molar-refractivity contribution in [1.29, 1.82) is 5.26 Å². The van der Waals surface area contributed by atoms with Crippen LogP contribution in [0.3, 0.4) is 0 Å². The topological polar surface area (TPSA) is 53.3 Å². The van der Waals surface area contributed by atoms with Gasteiger partial charge in [0, 0.05) is 6.54 Å².